The fourth-order valence-electron chi connectivity index (χ4n) is 2.07. The van der Waals surface area contributed by atoms with E-state index in [0.717, 1.165) is 6.26 Å². The number of sulfone groups is 1. The molecule has 0 aliphatic carbocycles. The lowest BCUT2D eigenvalue weighted by Crippen LogP contribution is -2.20. The third-order valence-electron chi connectivity index (χ3n) is 3.38. The summed E-state index contributed by atoms with van der Waals surface area (Å²) in [5.74, 6) is 0.156. The van der Waals surface area contributed by atoms with E-state index in [0.29, 0.717) is 16.3 Å². The van der Waals surface area contributed by atoms with Crippen LogP contribution in [0.4, 0.5) is 6.01 Å². The number of anilines is 1. The number of benzene rings is 2. The molecule has 2 aromatic carbocycles. The molecule has 0 aliphatic heterocycles. The highest BCUT2D eigenvalue weighted by atomic mass is 35.5. The van der Waals surface area contributed by atoms with Crippen LogP contribution in [0, 0.1) is 0 Å². The summed E-state index contributed by atoms with van der Waals surface area (Å²) < 4.78 is 33.6. The van der Waals surface area contributed by atoms with Gasteiger partial charge in [-0.25, -0.2) is 8.42 Å². The topological polar surface area (TPSA) is 111 Å². The van der Waals surface area contributed by atoms with Gasteiger partial charge in [0.1, 0.15) is 5.75 Å². The van der Waals surface area contributed by atoms with Gasteiger partial charge in [0, 0.05) is 16.8 Å². The molecule has 0 spiro atoms. The normalized spacial score (nSPS) is 11.2. The van der Waals surface area contributed by atoms with E-state index in [4.69, 9.17) is 20.8 Å². The van der Waals surface area contributed by atoms with Crippen molar-refractivity contribution in [3.63, 3.8) is 0 Å². The van der Waals surface area contributed by atoms with Crippen molar-refractivity contribution in [2.45, 2.75) is 4.90 Å². The third kappa shape index (κ3) is 5.05. The van der Waals surface area contributed by atoms with Crippen LogP contribution in [0.3, 0.4) is 0 Å². The molecule has 10 heteroatoms. The molecule has 0 bridgehead atoms. The van der Waals surface area contributed by atoms with E-state index >= 15 is 0 Å². The lowest BCUT2D eigenvalue weighted by molar-refractivity contribution is -0.118. The summed E-state index contributed by atoms with van der Waals surface area (Å²) in [6.07, 6.45) is 1.12. The first-order valence-corrected chi connectivity index (χ1v) is 9.90. The van der Waals surface area contributed by atoms with Gasteiger partial charge in [-0.15, -0.1) is 5.10 Å². The summed E-state index contributed by atoms with van der Waals surface area (Å²) in [5.41, 5.74) is 0.521. The van der Waals surface area contributed by atoms with Crippen LogP contribution in [-0.4, -0.2) is 37.4 Å². The van der Waals surface area contributed by atoms with Crippen molar-refractivity contribution in [1.29, 1.82) is 0 Å². The lowest BCUT2D eigenvalue weighted by atomic mass is 10.2. The minimum absolute atomic E-state index is 0.0955. The number of hydrogen-bond donors (Lipinski definition) is 1. The molecule has 27 heavy (non-hydrogen) atoms. The molecule has 0 atom stereocenters. The summed E-state index contributed by atoms with van der Waals surface area (Å²) in [4.78, 5) is 12.1. The van der Waals surface area contributed by atoms with Crippen LogP contribution in [0.1, 0.15) is 0 Å². The maximum Gasteiger partial charge on any atom is 0.322 e. The molecule has 1 N–H and O–H groups in total. The quantitative estimate of drug-likeness (QED) is 0.668. The molecule has 0 unspecified atom stereocenters. The van der Waals surface area contributed by atoms with E-state index in [1.54, 1.807) is 36.4 Å². The molecule has 1 amide bonds. The predicted molar refractivity (Wildman–Crippen MR) is 98.4 cm³/mol. The van der Waals surface area contributed by atoms with Crippen LogP contribution in [0.2, 0.25) is 5.02 Å². The average molecular weight is 408 g/mol. The third-order valence-corrected chi connectivity index (χ3v) is 4.76. The number of halogens is 1. The molecule has 0 saturated heterocycles. The van der Waals surface area contributed by atoms with Gasteiger partial charge >= 0.3 is 6.01 Å². The Morgan fingerprint density at radius 2 is 1.78 bits per heavy atom. The maximum atomic E-state index is 11.9. The Balaban J connectivity index is 1.60. The molecular weight excluding hydrogens is 394 g/mol. The minimum atomic E-state index is -3.29. The van der Waals surface area contributed by atoms with Gasteiger partial charge in [-0.2, -0.15) is 0 Å². The van der Waals surface area contributed by atoms with Gasteiger partial charge in [0.15, 0.2) is 16.4 Å². The summed E-state index contributed by atoms with van der Waals surface area (Å²) in [6, 6.07) is 12.4. The summed E-state index contributed by atoms with van der Waals surface area (Å²) in [7, 11) is -3.29. The van der Waals surface area contributed by atoms with Crippen molar-refractivity contribution in [2.75, 3.05) is 18.2 Å². The zero-order valence-corrected chi connectivity index (χ0v) is 15.6. The van der Waals surface area contributed by atoms with Crippen molar-refractivity contribution in [3.8, 4) is 17.2 Å². The average Bonchev–Trinajstić information content (AvgIpc) is 3.09. The van der Waals surface area contributed by atoms with Crippen LogP contribution in [0.5, 0.6) is 5.75 Å². The Kier molecular flexibility index (Phi) is 5.43. The highest BCUT2D eigenvalue weighted by Crippen LogP contribution is 2.22. The Morgan fingerprint density at radius 3 is 2.41 bits per heavy atom. The second kappa shape index (κ2) is 7.77. The van der Waals surface area contributed by atoms with Crippen LogP contribution in [-0.2, 0) is 14.6 Å². The molecule has 1 heterocycles. The van der Waals surface area contributed by atoms with E-state index in [1.807, 2.05) is 0 Å². The number of amides is 1. The first kappa shape index (κ1) is 18.9. The summed E-state index contributed by atoms with van der Waals surface area (Å²) in [5, 5.41) is 10.5. The number of ether oxygens (including phenoxy) is 1. The highest BCUT2D eigenvalue weighted by molar-refractivity contribution is 7.90. The Bertz CT molecular complexity index is 1050. The standard InChI is InChI=1S/C17H14ClN3O5S/c1-27(23,24)14-8-2-11(3-9-14)16-20-21-17(26-16)19-15(22)10-25-13-6-4-12(18)5-7-13/h2-9H,10H2,1H3,(H,19,21,22). The zero-order valence-electron chi connectivity index (χ0n) is 14.0. The number of carbonyl (C=O) groups is 1. The molecule has 140 valence electrons. The number of hydrogen-bond acceptors (Lipinski definition) is 7. The molecule has 0 aliphatic rings. The van der Waals surface area contributed by atoms with Crippen LogP contribution in [0.15, 0.2) is 57.8 Å². The van der Waals surface area contributed by atoms with Gasteiger partial charge < -0.3 is 9.15 Å². The van der Waals surface area contributed by atoms with Gasteiger partial charge in [-0.3, -0.25) is 10.1 Å². The molecular formula is C17H14ClN3O5S. The fraction of sp³-hybridized carbons (Fsp3) is 0.118. The number of aromatic nitrogens is 2. The molecule has 0 fully saturated rings. The van der Waals surface area contributed by atoms with E-state index in [1.165, 1.54) is 12.1 Å². The maximum absolute atomic E-state index is 11.9. The molecule has 0 radical (unpaired) electrons. The van der Waals surface area contributed by atoms with Crippen LogP contribution >= 0.6 is 11.6 Å². The Hall–Kier alpha value is -2.91. The second-order valence-electron chi connectivity index (χ2n) is 5.50. The van der Waals surface area contributed by atoms with E-state index in [9.17, 15) is 13.2 Å². The van der Waals surface area contributed by atoms with E-state index < -0.39 is 15.7 Å². The van der Waals surface area contributed by atoms with Crippen LogP contribution < -0.4 is 10.1 Å². The van der Waals surface area contributed by atoms with Gasteiger partial charge in [0.05, 0.1) is 4.90 Å². The first-order valence-electron chi connectivity index (χ1n) is 7.63. The summed E-state index contributed by atoms with van der Waals surface area (Å²) in [6.45, 7) is -0.248. The number of carbonyl (C=O) groups excluding carboxylic acids is 1. The lowest BCUT2D eigenvalue weighted by Gasteiger charge is -2.05. The second-order valence-corrected chi connectivity index (χ2v) is 7.95. The molecule has 1 aromatic heterocycles. The minimum Gasteiger partial charge on any atom is -0.484 e. The molecule has 0 saturated carbocycles. The SMILES string of the molecule is CS(=O)(=O)c1ccc(-c2nnc(NC(=O)COc3ccc(Cl)cc3)o2)cc1. The Labute approximate surface area is 160 Å². The number of rotatable bonds is 6. The van der Waals surface area contributed by atoms with Crippen LogP contribution in [0.25, 0.3) is 11.5 Å². The highest BCUT2D eigenvalue weighted by Gasteiger charge is 2.13. The fourth-order valence-corrected chi connectivity index (χ4v) is 2.83. The Morgan fingerprint density at radius 1 is 1.11 bits per heavy atom. The molecule has 3 rings (SSSR count). The first-order chi connectivity index (χ1) is 12.8. The summed E-state index contributed by atoms with van der Waals surface area (Å²) >= 11 is 5.77. The smallest absolute Gasteiger partial charge is 0.322 e. The van der Waals surface area contributed by atoms with E-state index in [-0.39, 0.29) is 23.4 Å². The monoisotopic (exact) mass is 407 g/mol. The van der Waals surface area contributed by atoms with Crippen molar-refractivity contribution in [2.24, 2.45) is 0 Å². The largest absolute Gasteiger partial charge is 0.484 e. The van der Waals surface area contributed by atoms with Crippen molar-refractivity contribution in [3.05, 3.63) is 53.6 Å². The number of nitrogens with zero attached hydrogens (tertiary/aromatic N) is 2. The van der Waals surface area contributed by atoms with Crippen molar-refractivity contribution in [1.82, 2.24) is 10.2 Å². The van der Waals surface area contributed by atoms with Gasteiger partial charge in [0.2, 0.25) is 5.89 Å². The van der Waals surface area contributed by atoms with Gasteiger partial charge in [-0.1, -0.05) is 16.7 Å². The van der Waals surface area contributed by atoms with E-state index in [2.05, 4.69) is 15.5 Å². The van der Waals surface area contributed by atoms with Crippen molar-refractivity contribution < 1.29 is 22.4 Å². The van der Waals surface area contributed by atoms with Gasteiger partial charge in [0.25, 0.3) is 5.91 Å². The van der Waals surface area contributed by atoms with Gasteiger partial charge in [-0.05, 0) is 48.5 Å². The van der Waals surface area contributed by atoms with Crippen molar-refractivity contribution >= 4 is 33.4 Å². The number of nitrogens with one attached hydrogen (secondary N) is 1. The predicted octanol–water partition coefficient (Wildman–Crippen LogP) is 2.81. The molecule has 8 nitrogen and oxygen atoms in total. The molecule has 3 aromatic rings. The zero-order chi connectivity index (χ0) is 19.4.